The summed E-state index contributed by atoms with van der Waals surface area (Å²) in [4.78, 5) is 13.5. The van der Waals surface area contributed by atoms with Crippen molar-refractivity contribution in [3.05, 3.63) is 0 Å². The fraction of sp³-hybridized carbons (Fsp3) is 0.909. The summed E-state index contributed by atoms with van der Waals surface area (Å²) in [6, 6.07) is 0.495. The van der Waals surface area contributed by atoms with Crippen LogP contribution in [0.25, 0.3) is 0 Å². The van der Waals surface area contributed by atoms with Crippen LogP contribution in [0.1, 0.15) is 26.7 Å². The van der Waals surface area contributed by atoms with Gasteiger partial charge in [-0.05, 0) is 26.7 Å². The summed E-state index contributed by atoms with van der Waals surface area (Å²) in [5.41, 5.74) is -0.210. The number of hydrogen-bond donors (Lipinski definition) is 1. The molecular formula is C11H22N2O2. The minimum absolute atomic E-state index is 0.171. The first-order chi connectivity index (χ1) is 6.96. The minimum Gasteiger partial charge on any atom is -0.377 e. The molecule has 15 heavy (non-hydrogen) atoms. The van der Waals surface area contributed by atoms with Crippen LogP contribution in [0.4, 0.5) is 0 Å². The van der Waals surface area contributed by atoms with Gasteiger partial charge in [-0.3, -0.25) is 4.79 Å². The normalized spacial score (nSPS) is 16.5. The molecule has 1 rings (SSSR count). The third-order valence-electron chi connectivity index (χ3n) is 2.87. The van der Waals surface area contributed by atoms with E-state index in [9.17, 15) is 4.79 Å². The molecule has 0 spiro atoms. The van der Waals surface area contributed by atoms with Crippen molar-refractivity contribution in [3.63, 3.8) is 0 Å². The number of nitrogens with zero attached hydrogens (tertiary/aromatic N) is 1. The van der Waals surface area contributed by atoms with Crippen molar-refractivity contribution in [2.75, 3.05) is 27.2 Å². The van der Waals surface area contributed by atoms with Crippen molar-refractivity contribution in [2.45, 2.75) is 38.3 Å². The Morgan fingerprint density at radius 3 is 2.60 bits per heavy atom. The Kier molecular flexibility index (Phi) is 4.11. The van der Waals surface area contributed by atoms with Crippen LogP contribution in [0.3, 0.4) is 0 Å². The van der Waals surface area contributed by atoms with Crippen LogP contribution in [0, 0.1) is 0 Å². The van der Waals surface area contributed by atoms with Crippen molar-refractivity contribution in [1.82, 2.24) is 10.2 Å². The largest absolute Gasteiger partial charge is 0.377 e. The number of likely N-dealkylation sites (N-methyl/N-ethyl adjacent to an activating group) is 1. The van der Waals surface area contributed by atoms with E-state index in [4.69, 9.17) is 4.74 Å². The molecule has 1 saturated carbocycles. The van der Waals surface area contributed by atoms with Gasteiger partial charge in [-0.25, -0.2) is 0 Å². The van der Waals surface area contributed by atoms with Crippen LogP contribution in [0.5, 0.6) is 0 Å². The van der Waals surface area contributed by atoms with Gasteiger partial charge < -0.3 is 15.0 Å². The van der Waals surface area contributed by atoms with E-state index in [2.05, 4.69) is 5.32 Å². The van der Waals surface area contributed by atoms with E-state index < -0.39 is 0 Å². The third-order valence-corrected chi connectivity index (χ3v) is 2.87. The number of ether oxygens (including phenoxy) is 1. The van der Waals surface area contributed by atoms with Crippen LogP contribution in [-0.2, 0) is 9.53 Å². The second-order valence-corrected chi connectivity index (χ2v) is 4.80. The lowest BCUT2D eigenvalue weighted by atomic mass is 10.1. The summed E-state index contributed by atoms with van der Waals surface area (Å²) in [6.07, 6.45) is 2.32. The van der Waals surface area contributed by atoms with Crippen LogP contribution in [0.15, 0.2) is 0 Å². The van der Waals surface area contributed by atoms with Crippen LogP contribution in [0.2, 0.25) is 0 Å². The Labute approximate surface area is 92.0 Å². The van der Waals surface area contributed by atoms with Gasteiger partial charge in [0.05, 0.1) is 12.1 Å². The Morgan fingerprint density at radius 2 is 2.13 bits per heavy atom. The maximum atomic E-state index is 11.6. The zero-order valence-electron chi connectivity index (χ0n) is 10.2. The molecule has 0 unspecified atom stereocenters. The van der Waals surface area contributed by atoms with Gasteiger partial charge in [0, 0.05) is 26.7 Å². The molecule has 1 fully saturated rings. The molecule has 1 N–H and O–H groups in total. The van der Waals surface area contributed by atoms with Gasteiger partial charge in [-0.15, -0.1) is 0 Å². The van der Waals surface area contributed by atoms with Crippen LogP contribution >= 0.6 is 0 Å². The molecule has 0 aromatic carbocycles. The second-order valence-electron chi connectivity index (χ2n) is 4.80. The van der Waals surface area contributed by atoms with Crippen LogP contribution in [-0.4, -0.2) is 49.7 Å². The molecule has 4 nitrogen and oxygen atoms in total. The topological polar surface area (TPSA) is 41.6 Å². The molecule has 0 radical (unpaired) electrons. The number of nitrogens with one attached hydrogen (secondary N) is 1. The number of hydrogen-bond acceptors (Lipinski definition) is 3. The molecule has 0 bridgehead atoms. The number of rotatable bonds is 6. The van der Waals surface area contributed by atoms with Gasteiger partial charge in [0.1, 0.15) is 0 Å². The first-order valence-electron chi connectivity index (χ1n) is 5.48. The van der Waals surface area contributed by atoms with Gasteiger partial charge in [0.2, 0.25) is 5.91 Å². The number of methoxy groups -OCH3 is 1. The maximum absolute atomic E-state index is 11.6. The van der Waals surface area contributed by atoms with Crippen molar-refractivity contribution >= 4 is 5.91 Å². The lowest BCUT2D eigenvalue weighted by Gasteiger charge is -2.24. The monoisotopic (exact) mass is 214 g/mol. The predicted octanol–water partition coefficient (Wildman–Crippen LogP) is 0.622. The highest BCUT2D eigenvalue weighted by molar-refractivity contribution is 5.78. The highest BCUT2D eigenvalue weighted by atomic mass is 16.5. The third kappa shape index (κ3) is 4.18. The number of carbonyl (C=O) groups excluding carboxylic acids is 1. The fourth-order valence-corrected chi connectivity index (χ4v) is 1.33. The summed E-state index contributed by atoms with van der Waals surface area (Å²) in [5.74, 6) is 0.171. The molecule has 1 amide bonds. The molecule has 0 aromatic rings. The average Bonchev–Trinajstić information content (AvgIpc) is 2.99. The quantitative estimate of drug-likeness (QED) is 0.705. The SMILES string of the molecule is COC(C)(C)CNCC(=O)N(C)C1CC1. The van der Waals surface area contributed by atoms with Gasteiger partial charge in [-0.2, -0.15) is 0 Å². The van der Waals surface area contributed by atoms with Gasteiger partial charge in [0.25, 0.3) is 0 Å². The molecular weight excluding hydrogens is 192 g/mol. The Hall–Kier alpha value is -0.610. The van der Waals surface area contributed by atoms with Gasteiger partial charge >= 0.3 is 0 Å². The molecule has 4 heteroatoms. The zero-order valence-corrected chi connectivity index (χ0v) is 10.2. The predicted molar refractivity (Wildman–Crippen MR) is 59.7 cm³/mol. The van der Waals surface area contributed by atoms with E-state index in [1.807, 2.05) is 25.8 Å². The molecule has 1 aliphatic rings. The molecule has 0 aliphatic heterocycles. The minimum atomic E-state index is -0.210. The zero-order chi connectivity index (χ0) is 11.5. The smallest absolute Gasteiger partial charge is 0.236 e. The van der Waals surface area contributed by atoms with Crippen molar-refractivity contribution in [2.24, 2.45) is 0 Å². The molecule has 0 saturated heterocycles. The van der Waals surface area contributed by atoms with E-state index in [1.165, 1.54) is 0 Å². The standard InChI is InChI=1S/C11H22N2O2/c1-11(2,15-4)8-12-7-10(14)13(3)9-5-6-9/h9,12H,5-8H2,1-4H3. The maximum Gasteiger partial charge on any atom is 0.236 e. The summed E-state index contributed by atoms with van der Waals surface area (Å²) >= 11 is 0. The first-order valence-corrected chi connectivity index (χ1v) is 5.48. The summed E-state index contributed by atoms with van der Waals surface area (Å²) in [7, 11) is 3.56. The number of amides is 1. The van der Waals surface area contributed by atoms with Crippen molar-refractivity contribution in [1.29, 1.82) is 0 Å². The van der Waals surface area contributed by atoms with E-state index in [0.29, 0.717) is 19.1 Å². The van der Waals surface area contributed by atoms with Crippen molar-refractivity contribution in [3.8, 4) is 0 Å². The van der Waals surface area contributed by atoms with Gasteiger partial charge in [0.15, 0.2) is 0 Å². The molecule has 0 heterocycles. The molecule has 0 aromatic heterocycles. The highest BCUT2D eigenvalue weighted by Crippen LogP contribution is 2.25. The van der Waals surface area contributed by atoms with Crippen molar-refractivity contribution < 1.29 is 9.53 Å². The van der Waals surface area contributed by atoms with E-state index in [-0.39, 0.29) is 11.5 Å². The van der Waals surface area contributed by atoms with Crippen LogP contribution < -0.4 is 5.32 Å². The van der Waals surface area contributed by atoms with E-state index in [0.717, 1.165) is 12.8 Å². The fourth-order valence-electron chi connectivity index (χ4n) is 1.33. The molecule has 0 atom stereocenters. The second kappa shape index (κ2) is 4.94. The summed E-state index contributed by atoms with van der Waals surface area (Å²) in [6.45, 7) is 5.08. The lowest BCUT2D eigenvalue weighted by Crippen LogP contribution is -2.42. The Bertz CT molecular complexity index is 225. The molecule has 1 aliphatic carbocycles. The first kappa shape index (κ1) is 12.5. The summed E-state index contributed by atoms with van der Waals surface area (Å²) < 4.78 is 5.25. The average molecular weight is 214 g/mol. The Balaban J connectivity index is 2.16. The van der Waals surface area contributed by atoms with Gasteiger partial charge in [-0.1, -0.05) is 0 Å². The number of carbonyl (C=O) groups is 1. The lowest BCUT2D eigenvalue weighted by molar-refractivity contribution is -0.129. The molecule has 88 valence electrons. The summed E-state index contributed by atoms with van der Waals surface area (Å²) in [5, 5.41) is 3.12. The Morgan fingerprint density at radius 1 is 1.53 bits per heavy atom. The highest BCUT2D eigenvalue weighted by Gasteiger charge is 2.29. The van der Waals surface area contributed by atoms with E-state index in [1.54, 1.807) is 7.11 Å². The van der Waals surface area contributed by atoms with E-state index >= 15 is 0 Å².